The van der Waals surface area contributed by atoms with Crippen LogP contribution in [0.5, 0.6) is 0 Å². The van der Waals surface area contributed by atoms with E-state index < -0.39 is 0 Å². The third-order valence-corrected chi connectivity index (χ3v) is 8.22. The van der Waals surface area contributed by atoms with Gasteiger partial charge in [0.25, 0.3) is 0 Å². The first-order chi connectivity index (χ1) is 12.7. The van der Waals surface area contributed by atoms with Gasteiger partial charge in [0.15, 0.2) is 0 Å². The van der Waals surface area contributed by atoms with Crippen molar-refractivity contribution in [2.24, 2.45) is 5.41 Å². The maximum atomic E-state index is 13.2. The summed E-state index contributed by atoms with van der Waals surface area (Å²) in [5.41, 5.74) is 1.62. The highest BCUT2D eigenvalue weighted by molar-refractivity contribution is 7.05. The van der Waals surface area contributed by atoms with Gasteiger partial charge in [0, 0.05) is 19.0 Å². The van der Waals surface area contributed by atoms with Crippen molar-refractivity contribution in [1.29, 1.82) is 0 Å². The lowest BCUT2D eigenvalue weighted by Crippen LogP contribution is -2.47. The second kappa shape index (κ2) is 6.53. The highest BCUT2D eigenvalue weighted by Gasteiger charge is 2.46. The molecule has 0 radical (unpaired) electrons. The van der Waals surface area contributed by atoms with Crippen LogP contribution in [0.3, 0.4) is 0 Å². The van der Waals surface area contributed by atoms with E-state index in [1.54, 1.807) is 0 Å². The molecule has 0 aliphatic carbocycles. The van der Waals surface area contributed by atoms with Crippen molar-refractivity contribution in [1.82, 2.24) is 24.3 Å². The van der Waals surface area contributed by atoms with E-state index in [9.17, 15) is 4.79 Å². The molecule has 7 heteroatoms. The summed E-state index contributed by atoms with van der Waals surface area (Å²) in [4.78, 5) is 21.6. The minimum Gasteiger partial charge on any atom is -0.330 e. The Labute approximate surface area is 159 Å². The highest BCUT2D eigenvalue weighted by Crippen LogP contribution is 2.45. The monoisotopic (exact) mass is 375 g/mol. The van der Waals surface area contributed by atoms with Crippen LogP contribution in [0, 0.1) is 5.41 Å². The Bertz CT molecular complexity index is 683. The summed E-state index contributed by atoms with van der Waals surface area (Å²) in [6, 6.07) is 0.605. The molecule has 1 aromatic rings. The normalized spacial score (nSPS) is 30.9. The van der Waals surface area contributed by atoms with Crippen LogP contribution in [0.2, 0.25) is 0 Å². The summed E-state index contributed by atoms with van der Waals surface area (Å²) in [5, 5.41) is 4.28. The molecule has 0 saturated carbocycles. The molecule has 1 amide bonds. The molecule has 26 heavy (non-hydrogen) atoms. The van der Waals surface area contributed by atoms with Gasteiger partial charge in [-0.3, -0.25) is 9.69 Å². The summed E-state index contributed by atoms with van der Waals surface area (Å²) in [6.45, 7) is 8.71. The predicted molar refractivity (Wildman–Crippen MR) is 101 cm³/mol. The maximum Gasteiger partial charge on any atom is 0.237 e. The molecule has 1 spiro atoms. The van der Waals surface area contributed by atoms with Gasteiger partial charge in [-0.05, 0) is 75.2 Å². The van der Waals surface area contributed by atoms with Gasteiger partial charge in [0.1, 0.15) is 0 Å². The average Bonchev–Trinajstić information content (AvgIpc) is 3.35. The highest BCUT2D eigenvalue weighted by atomic mass is 32.1. The first-order valence-electron chi connectivity index (χ1n) is 10.2. The molecule has 5 heterocycles. The SMILES string of the molecule is CCN1CCC2(CC1)CCN(CC(=O)N1C3CCC1c1snnc1C3)C2. The van der Waals surface area contributed by atoms with Crippen molar-refractivity contribution in [2.45, 2.75) is 57.5 Å². The molecule has 0 N–H and O–H groups in total. The maximum absolute atomic E-state index is 13.2. The number of rotatable bonds is 3. The summed E-state index contributed by atoms with van der Waals surface area (Å²) >= 11 is 1.50. The molecule has 2 unspecified atom stereocenters. The fourth-order valence-corrected chi connectivity index (χ4v) is 6.55. The Kier molecular flexibility index (Phi) is 4.29. The van der Waals surface area contributed by atoms with E-state index in [1.807, 2.05) is 0 Å². The number of hydrogen-bond donors (Lipinski definition) is 0. The molecule has 4 aliphatic heterocycles. The van der Waals surface area contributed by atoms with Crippen LogP contribution in [-0.2, 0) is 11.2 Å². The van der Waals surface area contributed by atoms with Crippen LogP contribution < -0.4 is 0 Å². The number of amides is 1. The fourth-order valence-electron chi connectivity index (χ4n) is 5.74. The van der Waals surface area contributed by atoms with Crippen LogP contribution in [0.1, 0.15) is 55.6 Å². The minimum atomic E-state index is 0.251. The van der Waals surface area contributed by atoms with E-state index in [2.05, 4.69) is 31.2 Å². The molecule has 1 aromatic heterocycles. The van der Waals surface area contributed by atoms with Crippen LogP contribution in [0.15, 0.2) is 0 Å². The van der Waals surface area contributed by atoms with Gasteiger partial charge in [0.05, 0.1) is 23.2 Å². The van der Waals surface area contributed by atoms with Gasteiger partial charge < -0.3 is 9.80 Å². The second-order valence-corrected chi connectivity index (χ2v) is 9.52. The number of carbonyl (C=O) groups excluding carboxylic acids is 1. The smallest absolute Gasteiger partial charge is 0.237 e. The number of piperidine rings is 1. The van der Waals surface area contributed by atoms with Crippen molar-refractivity contribution in [3.63, 3.8) is 0 Å². The lowest BCUT2D eigenvalue weighted by Gasteiger charge is -2.39. The molecule has 6 nitrogen and oxygen atoms in total. The van der Waals surface area contributed by atoms with Crippen molar-refractivity contribution >= 4 is 17.4 Å². The molecule has 2 bridgehead atoms. The van der Waals surface area contributed by atoms with Crippen LogP contribution >= 0.6 is 11.5 Å². The Hall–Kier alpha value is -1.05. The molecule has 3 saturated heterocycles. The fraction of sp³-hybridized carbons (Fsp3) is 0.842. The van der Waals surface area contributed by atoms with Gasteiger partial charge >= 0.3 is 0 Å². The van der Waals surface area contributed by atoms with Crippen LogP contribution in [0.4, 0.5) is 0 Å². The Balaban J connectivity index is 1.22. The molecular formula is C19H29N5OS. The number of carbonyl (C=O) groups is 1. The molecule has 2 atom stereocenters. The van der Waals surface area contributed by atoms with Gasteiger partial charge in [0.2, 0.25) is 5.91 Å². The average molecular weight is 376 g/mol. The predicted octanol–water partition coefficient (Wildman–Crippen LogP) is 1.93. The number of aromatic nitrogens is 2. The van der Waals surface area contributed by atoms with Gasteiger partial charge in [-0.25, -0.2) is 0 Å². The largest absolute Gasteiger partial charge is 0.330 e. The minimum absolute atomic E-state index is 0.251. The number of nitrogens with zero attached hydrogens (tertiary/aromatic N) is 5. The first-order valence-corrected chi connectivity index (χ1v) is 11.0. The molecule has 0 aromatic carbocycles. The number of fused-ring (bicyclic) bond motifs is 4. The van der Waals surface area contributed by atoms with E-state index in [1.165, 1.54) is 55.3 Å². The zero-order valence-corrected chi connectivity index (χ0v) is 16.5. The number of likely N-dealkylation sites (tertiary alicyclic amines) is 2. The third-order valence-electron chi connectivity index (χ3n) is 7.35. The summed E-state index contributed by atoms with van der Waals surface area (Å²) in [6.07, 6.45) is 6.99. The molecule has 5 rings (SSSR count). The molecule has 142 valence electrons. The Morgan fingerprint density at radius 3 is 2.73 bits per heavy atom. The second-order valence-electron chi connectivity index (χ2n) is 8.73. The molecule has 4 aliphatic rings. The number of hydrogen-bond acceptors (Lipinski definition) is 6. The van der Waals surface area contributed by atoms with Crippen molar-refractivity contribution in [3.05, 3.63) is 10.6 Å². The summed E-state index contributed by atoms with van der Waals surface area (Å²) < 4.78 is 4.13. The lowest BCUT2D eigenvalue weighted by atomic mass is 9.78. The summed E-state index contributed by atoms with van der Waals surface area (Å²) in [5.74, 6) is 0.333. The van der Waals surface area contributed by atoms with E-state index in [0.717, 1.165) is 38.0 Å². The quantitative estimate of drug-likeness (QED) is 0.808. The van der Waals surface area contributed by atoms with Crippen LogP contribution in [-0.4, -0.2) is 75.5 Å². The van der Waals surface area contributed by atoms with E-state index in [-0.39, 0.29) is 6.04 Å². The standard InChI is InChI=1S/C19H29N5OS/c1-2-22-8-5-19(6-9-22)7-10-23(13-19)12-17(25)24-14-3-4-16(24)18-15(11-14)20-21-26-18/h14,16H,2-13H2,1H3. The Morgan fingerprint density at radius 2 is 1.96 bits per heavy atom. The van der Waals surface area contributed by atoms with Gasteiger partial charge in [-0.15, -0.1) is 5.10 Å². The van der Waals surface area contributed by atoms with E-state index in [4.69, 9.17) is 0 Å². The Morgan fingerprint density at radius 1 is 1.19 bits per heavy atom. The van der Waals surface area contributed by atoms with E-state index >= 15 is 0 Å². The molecule has 3 fully saturated rings. The molecular weight excluding hydrogens is 346 g/mol. The zero-order valence-electron chi connectivity index (χ0n) is 15.7. The lowest BCUT2D eigenvalue weighted by molar-refractivity contribution is -0.135. The third kappa shape index (κ3) is 2.79. The zero-order chi connectivity index (χ0) is 17.7. The van der Waals surface area contributed by atoms with Crippen LogP contribution in [0.25, 0.3) is 0 Å². The first kappa shape index (κ1) is 17.1. The topological polar surface area (TPSA) is 52.6 Å². The summed E-state index contributed by atoms with van der Waals surface area (Å²) in [7, 11) is 0. The van der Waals surface area contributed by atoms with Gasteiger partial charge in [-0.1, -0.05) is 11.4 Å². The van der Waals surface area contributed by atoms with E-state index in [0.29, 0.717) is 23.9 Å². The van der Waals surface area contributed by atoms with Gasteiger partial charge in [-0.2, -0.15) is 0 Å². The van der Waals surface area contributed by atoms with Crippen molar-refractivity contribution in [2.75, 3.05) is 39.3 Å². The van der Waals surface area contributed by atoms with Crippen molar-refractivity contribution in [3.8, 4) is 0 Å². The van der Waals surface area contributed by atoms with Crippen molar-refractivity contribution < 1.29 is 4.79 Å².